The lowest BCUT2D eigenvalue weighted by atomic mass is 9.84. The van der Waals surface area contributed by atoms with E-state index in [1.165, 1.54) is 22.3 Å². The van der Waals surface area contributed by atoms with E-state index in [-0.39, 0.29) is 0 Å². The molecule has 0 heterocycles. The zero-order chi connectivity index (χ0) is 16.4. The fourth-order valence-corrected chi connectivity index (χ4v) is 2.81. The van der Waals surface area contributed by atoms with Crippen LogP contribution in [-0.2, 0) is 0 Å². The lowest BCUT2D eigenvalue weighted by molar-refractivity contribution is 0.762. The highest BCUT2D eigenvalue weighted by Gasteiger charge is 2.15. The third kappa shape index (κ3) is 5.31. The van der Waals surface area contributed by atoms with Crippen molar-refractivity contribution in [3.05, 3.63) is 70.8 Å². The zero-order valence-corrected chi connectivity index (χ0v) is 14.8. The molecule has 0 unspecified atom stereocenters. The summed E-state index contributed by atoms with van der Waals surface area (Å²) in [5, 5.41) is 3.11. The summed E-state index contributed by atoms with van der Waals surface area (Å²) in [6, 6.07) is 17.4. The maximum Gasteiger partial charge on any atom is 0.00919 e. The van der Waals surface area contributed by atoms with Crippen LogP contribution in [0.1, 0.15) is 55.4 Å². The lowest BCUT2D eigenvalue weighted by Crippen LogP contribution is -2.09. The van der Waals surface area contributed by atoms with Gasteiger partial charge in [0, 0.05) is 5.92 Å². The fourth-order valence-electron chi connectivity index (χ4n) is 2.81. The Balaban J connectivity index is 0.000000422. The van der Waals surface area contributed by atoms with Gasteiger partial charge in [0.25, 0.3) is 0 Å². The highest BCUT2D eigenvalue weighted by Crippen LogP contribution is 2.31. The van der Waals surface area contributed by atoms with E-state index >= 15 is 0 Å². The van der Waals surface area contributed by atoms with E-state index in [1.54, 1.807) is 0 Å². The van der Waals surface area contributed by atoms with Crippen LogP contribution in [0.25, 0.3) is 0 Å². The lowest BCUT2D eigenvalue weighted by Gasteiger charge is -2.20. The number of aryl methyl sites for hydroxylation is 2. The molecule has 0 amide bonds. The van der Waals surface area contributed by atoms with Gasteiger partial charge in [0.15, 0.2) is 0 Å². The van der Waals surface area contributed by atoms with E-state index in [1.807, 2.05) is 0 Å². The van der Waals surface area contributed by atoms with Crippen molar-refractivity contribution >= 4 is 0 Å². The van der Waals surface area contributed by atoms with Gasteiger partial charge in [0.1, 0.15) is 0 Å². The Kier molecular flexibility index (Phi) is 8.54. The standard InChI is InChI=1S/C17H20.C4H11N/c1-4-15(16-11-7-5-9-13(16)2)17-12-8-6-10-14(17)3;1-3-5-4-2/h5-12,15H,4H2,1-3H3;5H,3-4H2,1-2H3. The summed E-state index contributed by atoms with van der Waals surface area (Å²) in [4.78, 5) is 0. The summed E-state index contributed by atoms with van der Waals surface area (Å²) in [6.07, 6.45) is 1.15. The molecular weight excluding hydrogens is 266 g/mol. The van der Waals surface area contributed by atoms with Crippen molar-refractivity contribution in [1.82, 2.24) is 5.32 Å². The zero-order valence-electron chi connectivity index (χ0n) is 14.8. The molecule has 2 rings (SSSR count). The molecule has 22 heavy (non-hydrogen) atoms. The molecule has 0 fully saturated rings. The molecule has 0 aliphatic carbocycles. The van der Waals surface area contributed by atoms with Gasteiger partial charge in [-0.15, -0.1) is 0 Å². The fraction of sp³-hybridized carbons (Fsp3) is 0.429. The molecule has 0 saturated carbocycles. The molecule has 0 aliphatic rings. The number of hydrogen-bond donors (Lipinski definition) is 1. The summed E-state index contributed by atoms with van der Waals surface area (Å²) in [5.41, 5.74) is 5.71. The van der Waals surface area contributed by atoms with E-state index in [0.29, 0.717) is 5.92 Å². The van der Waals surface area contributed by atoms with Crippen LogP contribution >= 0.6 is 0 Å². The summed E-state index contributed by atoms with van der Waals surface area (Å²) < 4.78 is 0. The Morgan fingerprint density at radius 2 is 1.14 bits per heavy atom. The van der Waals surface area contributed by atoms with Crippen LogP contribution in [0.15, 0.2) is 48.5 Å². The number of benzene rings is 2. The Hall–Kier alpha value is -1.60. The normalized spacial score (nSPS) is 10.3. The van der Waals surface area contributed by atoms with Crippen molar-refractivity contribution in [3.63, 3.8) is 0 Å². The van der Waals surface area contributed by atoms with Crippen LogP contribution in [0.4, 0.5) is 0 Å². The van der Waals surface area contributed by atoms with Crippen molar-refractivity contribution in [2.45, 2.75) is 47.0 Å². The molecule has 0 radical (unpaired) electrons. The van der Waals surface area contributed by atoms with Crippen LogP contribution in [0.2, 0.25) is 0 Å². The monoisotopic (exact) mass is 297 g/mol. The quantitative estimate of drug-likeness (QED) is 0.772. The smallest absolute Gasteiger partial charge is 0.00919 e. The van der Waals surface area contributed by atoms with Crippen LogP contribution in [-0.4, -0.2) is 13.1 Å². The van der Waals surface area contributed by atoms with Gasteiger partial charge >= 0.3 is 0 Å². The number of rotatable bonds is 5. The van der Waals surface area contributed by atoms with Gasteiger partial charge in [-0.2, -0.15) is 0 Å². The minimum absolute atomic E-state index is 0.525. The van der Waals surface area contributed by atoms with E-state index in [4.69, 9.17) is 0 Å². The van der Waals surface area contributed by atoms with Crippen molar-refractivity contribution in [1.29, 1.82) is 0 Å². The second-order valence-electron chi connectivity index (χ2n) is 5.63. The SMILES string of the molecule is CCC(c1ccccc1C)c1ccccc1C.CCNCC. The van der Waals surface area contributed by atoms with Gasteiger partial charge in [-0.1, -0.05) is 69.3 Å². The molecular formula is C21H31N. The van der Waals surface area contributed by atoms with Crippen molar-refractivity contribution in [2.75, 3.05) is 13.1 Å². The minimum Gasteiger partial charge on any atom is -0.317 e. The third-order valence-electron chi connectivity index (χ3n) is 4.04. The highest BCUT2D eigenvalue weighted by atomic mass is 14.8. The second kappa shape index (κ2) is 10.2. The van der Waals surface area contributed by atoms with E-state index in [9.17, 15) is 0 Å². The molecule has 0 bridgehead atoms. The summed E-state index contributed by atoms with van der Waals surface area (Å²) in [5.74, 6) is 0.525. The average molecular weight is 297 g/mol. The van der Waals surface area contributed by atoms with E-state index in [2.05, 4.69) is 88.5 Å². The van der Waals surface area contributed by atoms with Gasteiger partial charge in [-0.25, -0.2) is 0 Å². The predicted octanol–water partition coefficient (Wildman–Crippen LogP) is 5.46. The Labute approximate surface area is 136 Å². The molecule has 120 valence electrons. The van der Waals surface area contributed by atoms with E-state index < -0.39 is 0 Å². The first-order valence-electron chi connectivity index (χ1n) is 8.47. The van der Waals surface area contributed by atoms with Crippen molar-refractivity contribution in [2.24, 2.45) is 0 Å². The number of nitrogens with one attached hydrogen (secondary N) is 1. The molecule has 0 aromatic heterocycles. The predicted molar refractivity (Wildman–Crippen MR) is 98.7 cm³/mol. The maximum atomic E-state index is 3.11. The summed E-state index contributed by atoms with van der Waals surface area (Å²) in [6.45, 7) is 13.1. The maximum absolute atomic E-state index is 3.11. The van der Waals surface area contributed by atoms with E-state index in [0.717, 1.165) is 19.5 Å². The number of hydrogen-bond acceptors (Lipinski definition) is 1. The molecule has 0 spiro atoms. The van der Waals surface area contributed by atoms with Gasteiger partial charge in [-0.05, 0) is 55.6 Å². The molecule has 2 aromatic rings. The Morgan fingerprint density at radius 3 is 1.41 bits per heavy atom. The van der Waals surface area contributed by atoms with Crippen molar-refractivity contribution in [3.8, 4) is 0 Å². The molecule has 0 atom stereocenters. The van der Waals surface area contributed by atoms with Crippen LogP contribution in [0.5, 0.6) is 0 Å². The molecule has 0 saturated heterocycles. The largest absolute Gasteiger partial charge is 0.317 e. The molecule has 1 N–H and O–H groups in total. The highest BCUT2D eigenvalue weighted by molar-refractivity contribution is 5.40. The average Bonchev–Trinajstić information content (AvgIpc) is 2.53. The van der Waals surface area contributed by atoms with Gasteiger partial charge in [0.05, 0.1) is 0 Å². The molecule has 1 heteroatoms. The minimum atomic E-state index is 0.525. The summed E-state index contributed by atoms with van der Waals surface area (Å²) >= 11 is 0. The van der Waals surface area contributed by atoms with Gasteiger partial charge < -0.3 is 5.32 Å². The second-order valence-corrected chi connectivity index (χ2v) is 5.63. The van der Waals surface area contributed by atoms with Gasteiger partial charge in [-0.3, -0.25) is 0 Å². The van der Waals surface area contributed by atoms with Gasteiger partial charge in [0.2, 0.25) is 0 Å². The topological polar surface area (TPSA) is 12.0 Å². The van der Waals surface area contributed by atoms with Crippen LogP contribution in [0, 0.1) is 13.8 Å². The third-order valence-corrected chi connectivity index (χ3v) is 4.04. The van der Waals surface area contributed by atoms with Crippen LogP contribution < -0.4 is 5.32 Å². The molecule has 1 nitrogen and oxygen atoms in total. The van der Waals surface area contributed by atoms with Crippen molar-refractivity contribution < 1.29 is 0 Å². The first-order valence-corrected chi connectivity index (χ1v) is 8.47. The van der Waals surface area contributed by atoms with Crippen LogP contribution in [0.3, 0.4) is 0 Å². The Morgan fingerprint density at radius 1 is 0.727 bits per heavy atom. The first-order chi connectivity index (χ1) is 10.7. The summed E-state index contributed by atoms with van der Waals surface area (Å²) in [7, 11) is 0. The molecule has 0 aliphatic heterocycles. The molecule has 2 aromatic carbocycles. The first kappa shape index (κ1) is 18.4. The Bertz CT molecular complexity index is 498.